The van der Waals surface area contributed by atoms with Crippen molar-refractivity contribution in [2.24, 2.45) is 0 Å². The van der Waals surface area contributed by atoms with E-state index in [1.165, 1.54) is 28.6 Å². The molecule has 3 rings (SSSR count). The second-order valence-electron chi connectivity index (χ2n) is 7.05. The molecule has 30 heavy (non-hydrogen) atoms. The zero-order valence-corrected chi connectivity index (χ0v) is 18.9. The van der Waals surface area contributed by atoms with Crippen LogP contribution < -0.4 is 5.32 Å². The molecule has 0 aromatic heterocycles. The number of sulfonamides is 1. The number of esters is 1. The first-order valence-electron chi connectivity index (χ1n) is 9.59. The molecular weight excluding hydrogens is 472 g/mol. The average molecular weight is 495 g/mol. The van der Waals surface area contributed by atoms with E-state index in [2.05, 4.69) is 21.2 Å². The van der Waals surface area contributed by atoms with Crippen molar-refractivity contribution in [1.82, 2.24) is 9.62 Å². The Hall–Kier alpha value is -2.23. The Kier molecular flexibility index (Phi) is 7.27. The van der Waals surface area contributed by atoms with Crippen molar-refractivity contribution in [3.05, 3.63) is 64.1 Å². The van der Waals surface area contributed by atoms with E-state index >= 15 is 0 Å². The van der Waals surface area contributed by atoms with Crippen LogP contribution in [0.2, 0.25) is 0 Å². The van der Waals surface area contributed by atoms with E-state index in [1.54, 1.807) is 0 Å². The molecule has 0 aliphatic carbocycles. The maximum atomic E-state index is 12.5. The quantitative estimate of drug-likeness (QED) is 0.596. The number of nitrogens with zero attached hydrogens (tertiary/aromatic N) is 1. The van der Waals surface area contributed by atoms with Crippen LogP contribution in [-0.4, -0.2) is 44.3 Å². The number of ether oxygens (including phenoxy) is 1. The number of carbonyl (C=O) groups excluding carboxylic acids is 2. The van der Waals surface area contributed by atoms with Crippen LogP contribution in [-0.2, 0) is 19.6 Å². The number of benzene rings is 2. The Morgan fingerprint density at radius 1 is 1.07 bits per heavy atom. The average Bonchev–Trinajstić information content (AvgIpc) is 3.28. The lowest BCUT2D eigenvalue weighted by Crippen LogP contribution is -2.31. The molecule has 2 aromatic rings. The molecule has 0 radical (unpaired) electrons. The third-order valence-electron chi connectivity index (χ3n) is 4.87. The molecule has 0 spiro atoms. The van der Waals surface area contributed by atoms with Gasteiger partial charge in [-0.25, -0.2) is 13.2 Å². The molecule has 1 amide bonds. The van der Waals surface area contributed by atoms with E-state index in [1.807, 2.05) is 31.2 Å². The molecule has 1 aliphatic heterocycles. The summed E-state index contributed by atoms with van der Waals surface area (Å²) in [6.07, 6.45) is 1.71. The van der Waals surface area contributed by atoms with Gasteiger partial charge in [0.15, 0.2) is 6.61 Å². The van der Waals surface area contributed by atoms with Gasteiger partial charge in [0.1, 0.15) is 0 Å². The molecule has 1 heterocycles. The summed E-state index contributed by atoms with van der Waals surface area (Å²) in [5.41, 5.74) is 1.11. The van der Waals surface area contributed by atoms with Gasteiger partial charge in [0.05, 0.1) is 16.5 Å². The lowest BCUT2D eigenvalue weighted by Gasteiger charge is -2.16. The topological polar surface area (TPSA) is 92.8 Å². The van der Waals surface area contributed by atoms with Crippen molar-refractivity contribution in [3.8, 4) is 0 Å². The van der Waals surface area contributed by atoms with Crippen molar-refractivity contribution in [3.63, 3.8) is 0 Å². The van der Waals surface area contributed by atoms with Gasteiger partial charge in [-0.2, -0.15) is 4.31 Å². The van der Waals surface area contributed by atoms with Crippen LogP contribution in [0.4, 0.5) is 0 Å². The minimum Gasteiger partial charge on any atom is -0.452 e. The Balaban J connectivity index is 1.53. The van der Waals surface area contributed by atoms with Crippen molar-refractivity contribution in [1.29, 1.82) is 0 Å². The third-order valence-corrected chi connectivity index (χ3v) is 7.32. The fourth-order valence-corrected chi connectivity index (χ4v) is 4.95. The maximum Gasteiger partial charge on any atom is 0.338 e. The standard InChI is InChI=1S/C21H23BrN2O5S/c1-15(16-4-8-18(22)9-5-16)23-20(25)14-29-21(26)17-6-10-19(11-7-17)30(27,28)24-12-2-3-13-24/h4-11,15H,2-3,12-14H2,1H3,(H,23,25). The molecule has 1 N–H and O–H groups in total. The summed E-state index contributed by atoms with van der Waals surface area (Å²) in [6, 6.07) is 12.9. The van der Waals surface area contributed by atoms with E-state index in [9.17, 15) is 18.0 Å². The Bertz CT molecular complexity index is 1000. The summed E-state index contributed by atoms with van der Waals surface area (Å²) >= 11 is 3.36. The predicted octanol–water partition coefficient (Wildman–Crippen LogP) is 3.27. The van der Waals surface area contributed by atoms with E-state index < -0.39 is 28.5 Å². The largest absolute Gasteiger partial charge is 0.452 e. The van der Waals surface area contributed by atoms with Crippen LogP contribution >= 0.6 is 15.9 Å². The molecular formula is C21H23BrN2O5S. The van der Waals surface area contributed by atoms with Crippen molar-refractivity contribution < 1.29 is 22.7 Å². The highest BCUT2D eigenvalue weighted by Crippen LogP contribution is 2.21. The van der Waals surface area contributed by atoms with Gasteiger partial charge in [-0.05, 0) is 61.7 Å². The van der Waals surface area contributed by atoms with Crippen LogP contribution in [0.15, 0.2) is 57.9 Å². The fraction of sp³-hybridized carbons (Fsp3) is 0.333. The Morgan fingerprint density at radius 2 is 1.67 bits per heavy atom. The van der Waals surface area contributed by atoms with E-state index in [0.717, 1.165) is 22.9 Å². The van der Waals surface area contributed by atoms with Crippen LogP contribution in [0.5, 0.6) is 0 Å². The molecule has 7 nitrogen and oxygen atoms in total. The molecule has 1 fully saturated rings. The van der Waals surface area contributed by atoms with Gasteiger partial charge in [-0.3, -0.25) is 4.79 Å². The zero-order valence-electron chi connectivity index (χ0n) is 16.5. The zero-order chi connectivity index (χ0) is 21.7. The first kappa shape index (κ1) is 22.5. The summed E-state index contributed by atoms with van der Waals surface area (Å²) in [7, 11) is -3.54. The molecule has 1 saturated heterocycles. The predicted molar refractivity (Wildman–Crippen MR) is 115 cm³/mol. The SMILES string of the molecule is CC(NC(=O)COC(=O)c1ccc(S(=O)(=O)N2CCCC2)cc1)c1ccc(Br)cc1. The van der Waals surface area contributed by atoms with Crippen LogP contribution in [0, 0.1) is 0 Å². The monoisotopic (exact) mass is 494 g/mol. The van der Waals surface area contributed by atoms with Crippen molar-refractivity contribution >= 4 is 37.8 Å². The van der Waals surface area contributed by atoms with Crippen molar-refractivity contribution in [2.45, 2.75) is 30.7 Å². The van der Waals surface area contributed by atoms with Crippen LogP contribution in [0.3, 0.4) is 0 Å². The summed E-state index contributed by atoms with van der Waals surface area (Å²) in [5.74, 6) is -1.11. The number of halogens is 1. The van der Waals surface area contributed by atoms with Gasteiger partial charge in [0.2, 0.25) is 10.0 Å². The van der Waals surface area contributed by atoms with E-state index in [0.29, 0.717) is 13.1 Å². The normalized spacial score (nSPS) is 15.5. The van der Waals surface area contributed by atoms with Crippen molar-refractivity contribution in [2.75, 3.05) is 19.7 Å². The van der Waals surface area contributed by atoms with E-state index in [-0.39, 0.29) is 16.5 Å². The number of hydrogen-bond donors (Lipinski definition) is 1. The first-order valence-corrected chi connectivity index (χ1v) is 11.8. The second kappa shape index (κ2) is 9.72. The van der Waals surface area contributed by atoms with Crippen LogP contribution in [0.25, 0.3) is 0 Å². The number of carbonyl (C=O) groups is 2. The van der Waals surface area contributed by atoms with E-state index in [4.69, 9.17) is 4.74 Å². The van der Waals surface area contributed by atoms with Gasteiger partial charge >= 0.3 is 5.97 Å². The molecule has 2 aromatic carbocycles. The lowest BCUT2D eigenvalue weighted by molar-refractivity contribution is -0.124. The number of rotatable bonds is 7. The van der Waals surface area contributed by atoms with Gasteiger partial charge in [0, 0.05) is 17.6 Å². The number of nitrogens with one attached hydrogen (secondary N) is 1. The molecule has 9 heteroatoms. The molecule has 160 valence electrons. The molecule has 1 unspecified atom stereocenters. The smallest absolute Gasteiger partial charge is 0.338 e. The maximum absolute atomic E-state index is 12.5. The summed E-state index contributed by atoms with van der Waals surface area (Å²) in [5, 5.41) is 2.77. The Morgan fingerprint density at radius 3 is 2.27 bits per heavy atom. The summed E-state index contributed by atoms with van der Waals surface area (Å²) < 4.78 is 32.5. The van der Waals surface area contributed by atoms with Gasteiger partial charge in [-0.15, -0.1) is 0 Å². The van der Waals surface area contributed by atoms with Gasteiger partial charge in [0.25, 0.3) is 5.91 Å². The highest BCUT2D eigenvalue weighted by Gasteiger charge is 2.27. The van der Waals surface area contributed by atoms with Crippen LogP contribution in [0.1, 0.15) is 41.7 Å². The summed E-state index contributed by atoms with van der Waals surface area (Å²) in [6.45, 7) is 2.44. The molecule has 0 bridgehead atoms. The fourth-order valence-electron chi connectivity index (χ4n) is 3.17. The molecule has 0 saturated carbocycles. The highest BCUT2D eigenvalue weighted by atomic mass is 79.9. The minimum absolute atomic E-state index is 0.141. The lowest BCUT2D eigenvalue weighted by atomic mass is 10.1. The molecule has 1 atom stereocenters. The minimum atomic E-state index is -3.54. The first-order chi connectivity index (χ1) is 14.3. The molecule has 1 aliphatic rings. The van der Waals surface area contributed by atoms with Gasteiger partial charge in [-0.1, -0.05) is 28.1 Å². The second-order valence-corrected chi connectivity index (χ2v) is 9.91. The Labute approximate surface area is 184 Å². The third kappa shape index (κ3) is 5.47. The summed E-state index contributed by atoms with van der Waals surface area (Å²) in [4.78, 5) is 24.4. The highest BCUT2D eigenvalue weighted by molar-refractivity contribution is 9.10. The number of hydrogen-bond acceptors (Lipinski definition) is 5. The number of amides is 1. The van der Waals surface area contributed by atoms with Gasteiger partial charge < -0.3 is 10.1 Å².